The van der Waals surface area contributed by atoms with Gasteiger partial charge in [-0.05, 0) is 54.8 Å². The molecule has 10 nitrogen and oxygen atoms in total. The van der Waals surface area contributed by atoms with Crippen LogP contribution in [0.5, 0.6) is 5.88 Å². The standard InChI is InChI=1S/C28H28N6O4/c1-16-30-22-11-8-18(13-23(22)37-16)21-14-29-25-24(21)26(38-20-5-4-12-36-15-20)33-28(32-25)31-19-9-6-17(7-10-19)27(35)34(2)3/h6-11,13-14,20H,4-5,12,15H2,1-3H3,(H2,29,31,32,33)/t20-/m1/s1. The van der Waals surface area contributed by atoms with Crippen LogP contribution < -0.4 is 10.1 Å². The Morgan fingerprint density at radius 1 is 1.13 bits per heavy atom. The number of oxazole rings is 1. The van der Waals surface area contributed by atoms with E-state index in [1.165, 1.54) is 0 Å². The first kappa shape index (κ1) is 23.9. The molecule has 0 saturated carbocycles. The number of rotatable bonds is 6. The van der Waals surface area contributed by atoms with Crippen molar-refractivity contribution in [3.63, 3.8) is 0 Å². The topological polar surface area (TPSA) is 118 Å². The number of H-pyrrole nitrogens is 1. The summed E-state index contributed by atoms with van der Waals surface area (Å²) in [7, 11) is 3.46. The normalized spacial score (nSPS) is 15.6. The number of carbonyl (C=O) groups excluding carboxylic acids is 1. The first-order valence-corrected chi connectivity index (χ1v) is 12.5. The van der Waals surface area contributed by atoms with E-state index in [-0.39, 0.29) is 12.0 Å². The molecule has 0 spiro atoms. The van der Waals surface area contributed by atoms with E-state index in [1.54, 1.807) is 31.1 Å². The molecule has 0 aliphatic carbocycles. The quantitative estimate of drug-likeness (QED) is 0.323. The van der Waals surface area contributed by atoms with Crippen molar-refractivity contribution >= 4 is 39.7 Å². The molecular formula is C28H28N6O4. The number of nitrogens with zero attached hydrogens (tertiary/aromatic N) is 4. The van der Waals surface area contributed by atoms with E-state index in [9.17, 15) is 4.79 Å². The van der Waals surface area contributed by atoms with E-state index in [0.717, 1.165) is 47.2 Å². The van der Waals surface area contributed by atoms with E-state index in [0.29, 0.717) is 41.1 Å². The number of hydrogen-bond acceptors (Lipinski definition) is 8. The molecule has 5 aromatic rings. The summed E-state index contributed by atoms with van der Waals surface area (Å²) in [4.78, 5) is 30.9. The first-order chi connectivity index (χ1) is 18.4. The number of anilines is 2. The van der Waals surface area contributed by atoms with Crippen LogP contribution in [0.3, 0.4) is 0 Å². The lowest BCUT2D eigenvalue weighted by Crippen LogP contribution is -2.28. The van der Waals surface area contributed by atoms with Crippen LogP contribution in [-0.2, 0) is 4.74 Å². The van der Waals surface area contributed by atoms with Crippen LogP contribution in [0, 0.1) is 6.92 Å². The predicted molar refractivity (Wildman–Crippen MR) is 144 cm³/mol. The third-order valence-electron chi connectivity index (χ3n) is 6.50. The van der Waals surface area contributed by atoms with E-state index in [2.05, 4.69) is 15.3 Å². The summed E-state index contributed by atoms with van der Waals surface area (Å²) in [5.41, 5.74) is 5.36. The van der Waals surface area contributed by atoms with Gasteiger partial charge >= 0.3 is 0 Å². The smallest absolute Gasteiger partial charge is 0.253 e. The minimum Gasteiger partial charge on any atom is -0.471 e. The van der Waals surface area contributed by atoms with Crippen LogP contribution in [-0.4, -0.2) is 64.2 Å². The van der Waals surface area contributed by atoms with Gasteiger partial charge in [0.2, 0.25) is 11.8 Å². The van der Waals surface area contributed by atoms with Gasteiger partial charge in [0, 0.05) is 50.6 Å². The number of hydrogen-bond donors (Lipinski definition) is 2. The predicted octanol–water partition coefficient (Wildman–Crippen LogP) is 5.08. The lowest BCUT2D eigenvalue weighted by molar-refractivity contribution is 0.00626. The number of ether oxygens (including phenoxy) is 2. The SMILES string of the molecule is Cc1nc2ccc(-c3c[nH]c4nc(Nc5ccc(C(=O)N(C)C)cc5)nc(O[C@@H]5CCCOC5)c34)cc2o1. The number of fused-ring (bicyclic) bond motifs is 2. The Kier molecular flexibility index (Phi) is 6.16. The highest BCUT2D eigenvalue weighted by atomic mass is 16.5. The van der Waals surface area contributed by atoms with Crippen molar-refractivity contribution in [2.24, 2.45) is 0 Å². The van der Waals surface area contributed by atoms with Crippen LogP contribution >= 0.6 is 0 Å². The molecule has 0 unspecified atom stereocenters. The number of aromatic nitrogens is 4. The number of aryl methyl sites for hydroxylation is 1. The lowest BCUT2D eigenvalue weighted by Gasteiger charge is -2.23. The second-order valence-corrected chi connectivity index (χ2v) is 9.55. The summed E-state index contributed by atoms with van der Waals surface area (Å²) in [5, 5.41) is 4.02. The van der Waals surface area contributed by atoms with Gasteiger partial charge in [-0.2, -0.15) is 9.97 Å². The number of amides is 1. The number of aromatic amines is 1. The van der Waals surface area contributed by atoms with Gasteiger partial charge in [0.25, 0.3) is 5.91 Å². The summed E-state index contributed by atoms with van der Waals surface area (Å²) in [6.07, 6.45) is 3.62. The molecule has 38 heavy (non-hydrogen) atoms. The molecular weight excluding hydrogens is 484 g/mol. The third-order valence-corrected chi connectivity index (χ3v) is 6.50. The van der Waals surface area contributed by atoms with Gasteiger partial charge in [0.15, 0.2) is 11.5 Å². The van der Waals surface area contributed by atoms with Crippen molar-refractivity contribution in [2.75, 3.05) is 32.6 Å². The third kappa shape index (κ3) is 4.66. The van der Waals surface area contributed by atoms with Crippen molar-refractivity contribution < 1.29 is 18.7 Å². The van der Waals surface area contributed by atoms with E-state index in [4.69, 9.17) is 23.9 Å². The van der Waals surface area contributed by atoms with Gasteiger partial charge in [0.1, 0.15) is 17.3 Å². The molecule has 1 atom stereocenters. The van der Waals surface area contributed by atoms with Crippen molar-refractivity contribution in [2.45, 2.75) is 25.9 Å². The lowest BCUT2D eigenvalue weighted by atomic mass is 10.1. The molecule has 1 saturated heterocycles. The minimum atomic E-state index is -0.104. The highest BCUT2D eigenvalue weighted by molar-refractivity contribution is 5.99. The van der Waals surface area contributed by atoms with Crippen molar-refractivity contribution in [1.29, 1.82) is 0 Å². The molecule has 194 valence electrons. The molecule has 1 amide bonds. The van der Waals surface area contributed by atoms with Crippen molar-refractivity contribution in [3.8, 4) is 17.0 Å². The molecule has 6 rings (SSSR count). The molecule has 3 aromatic heterocycles. The summed E-state index contributed by atoms with van der Waals surface area (Å²) < 4.78 is 17.8. The molecule has 2 aromatic carbocycles. The fourth-order valence-electron chi connectivity index (χ4n) is 4.62. The average molecular weight is 513 g/mol. The number of benzene rings is 2. The number of carbonyl (C=O) groups is 1. The molecule has 4 heterocycles. The van der Waals surface area contributed by atoms with Gasteiger partial charge < -0.3 is 29.1 Å². The molecule has 2 N–H and O–H groups in total. The monoisotopic (exact) mass is 512 g/mol. The maximum atomic E-state index is 12.2. The zero-order valence-corrected chi connectivity index (χ0v) is 21.4. The Bertz CT molecular complexity index is 1620. The number of nitrogens with one attached hydrogen (secondary N) is 2. The Morgan fingerprint density at radius 3 is 2.74 bits per heavy atom. The summed E-state index contributed by atoms with van der Waals surface area (Å²) in [6, 6.07) is 13.1. The maximum absolute atomic E-state index is 12.2. The van der Waals surface area contributed by atoms with E-state index < -0.39 is 0 Å². The summed E-state index contributed by atoms with van der Waals surface area (Å²) in [6.45, 7) is 3.09. The van der Waals surface area contributed by atoms with Gasteiger partial charge in [-0.1, -0.05) is 6.07 Å². The van der Waals surface area contributed by atoms with Crippen molar-refractivity contribution in [1.82, 2.24) is 24.8 Å². The molecule has 1 aliphatic heterocycles. The van der Waals surface area contributed by atoms with Gasteiger partial charge in [-0.15, -0.1) is 0 Å². The first-order valence-electron chi connectivity index (χ1n) is 12.5. The minimum absolute atomic E-state index is 0.0581. The van der Waals surface area contributed by atoms with Crippen LogP contribution in [0.25, 0.3) is 33.3 Å². The highest BCUT2D eigenvalue weighted by Gasteiger charge is 2.22. The fraction of sp³-hybridized carbons (Fsp3) is 0.286. The largest absolute Gasteiger partial charge is 0.471 e. The van der Waals surface area contributed by atoms with Crippen molar-refractivity contribution in [3.05, 3.63) is 60.1 Å². The Hall–Kier alpha value is -4.44. The second-order valence-electron chi connectivity index (χ2n) is 9.55. The van der Waals surface area contributed by atoms with E-state index >= 15 is 0 Å². The molecule has 10 heteroatoms. The van der Waals surface area contributed by atoms with Crippen LogP contribution in [0.15, 0.2) is 53.1 Å². The van der Waals surface area contributed by atoms with Gasteiger partial charge in [-0.3, -0.25) is 4.79 Å². The Morgan fingerprint density at radius 2 is 1.97 bits per heavy atom. The average Bonchev–Trinajstić information content (AvgIpc) is 3.51. The zero-order chi connectivity index (χ0) is 26.2. The Labute approximate surface area is 219 Å². The van der Waals surface area contributed by atoms with Crippen LogP contribution in [0.2, 0.25) is 0 Å². The van der Waals surface area contributed by atoms with Gasteiger partial charge in [-0.25, -0.2) is 4.98 Å². The molecule has 1 fully saturated rings. The fourth-order valence-corrected chi connectivity index (χ4v) is 4.62. The Balaban J connectivity index is 1.38. The molecule has 1 aliphatic rings. The van der Waals surface area contributed by atoms with Gasteiger partial charge in [0.05, 0.1) is 12.0 Å². The van der Waals surface area contributed by atoms with Crippen LogP contribution in [0.1, 0.15) is 29.1 Å². The summed E-state index contributed by atoms with van der Waals surface area (Å²) >= 11 is 0. The van der Waals surface area contributed by atoms with E-state index in [1.807, 2.05) is 43.5 Å². The molecule has 0 bridgehead atoms. The highest BCUT2D eigenvalue weighted by Crippen LogP contribution is 2.37. The summed E-state index contributed by atoms with van der Waals surface area (Å²) in [5.74, 6) is 1.41. The zero-order valence-electron chi connectivity index (χ0n) is 21.4. The van der Waals surface area contributed by atoms with Crippen LogP contribution in [0.4, 0.5) is 11.6 Å². The second kappa shape index (κ2) is 9.79. The maximum Gasteiger partial charge on any atom is 0.253 e. The molecule has 0 radical (unpaired) electrons.